The molecule has 7 unspecified atom stereocenters. The van der Waals surface area contributed by atoms with Gasteiger partial charge in [0, 0.05) is 5.69 Å². The molecule has 4 aliphatic carbocycles. The summed E-state index contributed by atoms with van der Waals surface area (Å²) in [7, 11) is 0. The third-order valence-electron chi connectivity index (χ3n) is 7.58. The number of carbonyl (C=O) groups excluding carboxylic acids is 1. The largest absolute Gasteiger partial charge is 0.326 e. The Morgan fingerprint density at radius 1 is 1.17 bits per heavy atom. The van der Waals surface area contributed by atoms with Crippen LogP contribution in [0.3, 0.4) is 0 Å². The quantitative estimate of drug-likeness (QED) is 0.646. The van der Waals surface area contributed by atoms with Gasteiger partial charge in [0.25, 0.3) is 0 Å². The van der Waals surface area contributed by atoms with E-state index in [1.54, 1.807) is 0 Å². The maximum atomic E-state index is 13.4. The van der Waals surface area contributed by atoms with Crippen LogP contribution in [0, 0.1) is 40.9 Å². The zero-order valence-corrected chi connectivity index (χ0v) is 13.7. The number of nitrogens with one attached hydrogen (secondary N) is 1. The SMILES string of the molecule is CCC1CC2CC1C1C3C=CC(C3)C21C(=O)Nc1ccccc1. The van der Waals surface area contributed by atoms with Crippen LogP contribution in [-0.4, -0.2) is 5.91 Å². The lowest BCUT2D eigenvalue weighted by Crippen LogP contribution is -2.50. The van der Waals surface area contributed by atoms with E-state index in [4.69, 9.17) is 0 Å². The number of hydrogen-bond donors (Lipinski definition) is 1. The van der Waals surface area contributed by atoms with E-state index in [2.05, 4.69) is 24.4 Å². The monoisotopic (exact) mass is 307 g/mol. The van der Waals surface area contributed by atoms with Gasteiger partial charge in [-0.05, 0) is 66.9 Å². The highest BCUT2D eigenvalue weighted by Gasteiger charge is 2.72. The van der Waals surface area contributed by atoms with Crippen LogP contribution < -0.4 is 5.32 Å². The zero-order chi connectivity index (χ0) is 15.6. The maximum Gasteiger partial charge on any atom is 0.231 e. The molecular weight excluding hydrogens is 282 g/mol. The van der Waals surface area contributed by atoms with Crippen molar-refractivity contribution in [3.63, 3.8) is 0 Å². The van der Waals surface area contributed by atoms with E-state index in [0.29, 0.717) is 29.6 Å². The molecule has 4 aliphatic rings. The van der Waals surface area contributed by atoms with Gasteiger partial charge < -0.3 is 5.32 Å². The summed E-state index contributed by atoms with van der Waals surface area (Å²) in [5.74, 6) is 4.30. The fourth-order valence-corrected chi connectivity index (χ4v) is 6.92. The molecule has 2 heteroatoms. The fourth-order valence-electron chi connectivity index (χ4n) is 6.92. The molecule has 1 N–H and O–H groups in total. The van der Waals surface area contributed by atoms with E-state index < -0.39 is 0 Å². The van der Waals surface area contributed by atoms with Crippen molar-refractivity contribution in [2.24, 2.45) is 40.9 Å². The summed E-state index contributed by atoms with van der Waals surface area (Å²) in [6, 6.07) is 10.0. The standard InChI is InChI=1S/C21H25NO/c1-2-13-10-16-12-18(13)19-14-8-9-15(11-14)21(16,19)20(23)22-17-6-4-3-5-7-17/h3-9,13-16,18-19H,2,10-12H2,1H3,(H,22,23). The predicted octanol–water partition coefficient (Wildman–Crippen LogP) is 4.50. The molecule has 1 amide bonds. The Morgan fingerprint density at radius 2 is 2.00 bits per heavy atom. The van der Waals surface area contributed by atoms with E-state index in [0.717, 1.165) is 17.5 Å². The van der Waals surface area contributed by atoms with Crippen LogP contribution in [0.4, 0.5) is 5.69 Å². The van der Waals surface area contributed by atoms with Crippen LogP contribution in [0.2, 0.25) is 0 Å². The number of benzene rings is 1. The molecular formula is C21H25NO. The summed E-state index contributed by atoms with van der Waals surface area (Å²) >= 11 is 0. The minimum Gasteiger partial charge on any atom is -0.326 e. The van der Waals surface area contributed by atoms with Crippen LogP contribution in [-0.2, 0) is 4.79 Å². The molecule has 7 atom stereocenters. The second-order valence-electron chi connectivity index (χ2n) is 8.17. The van der Waals surface area contributed by atoms with Gasteiger partial charge in [0.15, 0.2) is 0 Å². The van der Waals surface area contributed by atoms with Gasteiger partial charge in [0.05, 0.1) is 5.41 Å². The number of anilines is 1. The van der Waals surface area contributed by atoms with E-state index in [9.17, 15) is 4.79 Å². The molecule has 0 spiro atoms. The summed E-state index contributed by atoms with van der Waals surface area (Å²) < 4.78 is 0. The summed E-state index contributed by atoms with van der Waals surface area (Å²) in [5.41, 5.74) is 0.846. The molecule has 1 aromatic rings. The second-order valence-corrected chi connectivity index (χ2v) is 8.17. The molecule has 0 heterocycles. The van der Waals surface area contributed by atoms with E-state index in [-0.39, 0.29) is 5.41 Å². The van der Waals surface area contributed by atoms with E-state index in [1.807, 2.05) is 30.3 Å². The highest BCUT2D eigenvalue weighted by molar-refractivity contribution is 5.97. The van der Waals surface area contributed by atoms with Gasteiger partial charge in [-0.3, -0.25) is 4.79 Å². The molecule has 5 rings (SSSR count). The first-order chi connectivity index (χ1) is 11.2. The Bertz CT molecular complexity index is 666. The highest BCUT2D eigenvalue weighted by Crippen LogP contribution is 2.74. The van der Waals surface area contributed by atoms with Crippen LogP contribution in [0.15, 0.2) is 42.5 Å². The lowest BCUT2D eigenvalue weighted by Gasteiger charge is -2.46. The molecule has 23 heavy (non-hydrogen) atoms. The van der Waals surface area contributed by atoms with Gasteiger partial charge in [0.1, 0.15) is 0 Å². The van der Waals surface area contributed by atoms with Gasteiger partial charge in [-0.2, -0.15) is 0 Å². The Morgan fingerprint density at radius 3 is 2.78 bits per heavy atom. The molecule has 4 bridgehead atoms. The first kappa shape index (κ1) is 13.8. The smallest absolute Gasteiger partial charge is 0.231 e. The molecule has 120 valence electrons. The number of rotatable bonds is 3. The highest BCUT2D eigenvalue weighted by atomic mass is 16.2. The van der Waals surface area contributed by atoms with Crippen LogP contribution in [0.1, 0.15) is 32.6 Å². The molecule has 3 saturated carbocycles. The van der Waals surface area contributed by atoms with E-state index in [1.165, 1.54) is 25.7 Å². The minimum atomic E-state index is -0.106. The normalized spacial score (nSPS) is 45.4. The number of carbonyl (C=O) groups is 1. The first-order valence-electron chi connectivity index (χ1n) is 9.30. The molecule has 1 aromatic carbocycles. The topological polar surface area (TPSA) is 29.1 Å². The number of para-hydroxylation sites is 1. The molecule has 0 aromatic heterocycles. The van der Waals surface area contributed by atoms with Crippen molar-refractivity contribution in [3.05, 3.63) is 42.5 Å². The molecule has 0 aliphatic heterocycles. The summed E-state index contributed by atoms with van der Waals surface area (Å²) in [4.78, 5) is 13.4. The lowest BCUT2D eigenvalue weighted by molar-refractivity contribution is -0.134. The predicted molar refractivity (Wildman–Crippen MR) is 91.7 cm³/mol. The van der Waals surface area contributed by atoms with Crippen LogP contribution in [0.5, 0.6) is 0 Å². The minimum absolute atomic E-state index is 0.106. The number of allylic oxidation sites excluding steroid dienone is 2. The maximum absolute atomic E-state index is 13.4. The Kier molecular flexibility index (Phi) is 2.84. The lowest BCUT2D eigenvalue weighted by atomic mass is 9.58. The zero-order valence-electron chi connectivity index (χ0n) is 13.7. The van der Waals surface area contributed by atoms with Crippen molar-refractivity contribution in [1.82, 2.24) is 0 Å². The van der Waals surface area contributed by atoms with Crippen LogP contribution in [0.25, 0.3) is 0 Å². The Hall–Kier alpha value is -1.57. The van der Waals surface area contributed by atoms with Gasteiger partial charge in [0.2, 0.25) is 5.91 Å². The Labute approximate surface area is 138 Å². The number of hydrogen-bond acceptors (Lipinski definition) is 1. The van der Waals surface area contributed by atoms with Crippen molar-refractivity contribution < 1.29 is 4.79 Å². The summed E-state index contributed by atoms with van der Waals surface area (Å²) in [5, 5.41) is 3.28. The first-order valence-corrected chi connectivity index (χ1v) is 9.30. The third kappa shape index (κ3) is 1.62. The van der Waals surface area contributed by atoms with Crippen molar-refractivity contribution in [2.75, 3.05) is 5.32 Å². The average Bonchev–Trinajstić information content (AvgIpc) is 3.33. The molecule has 0 radical (unpaired) electrons. The molecule has 2 nitrogen and oxygen atoms in total. The van der Waals surface area contributed by atoms with Gasteiger partial charge in [-0.15, -0.1) is 0 Å². The molecule has 3 fully saturated rings. The van der Waals surface area contributed by atoms with Gasteiger partial charge >= 0.3 is 0 Å². The summed E-state index contributed by atoms with van der Waals surface area (Å²) in [6.45, 7) is 2.33. The van der Waals surface area contributed by atoms with E-state index >= 15 is 0 Å². The summed E-state index contributed by atoms with van der Waals surface area (Å²) in [6.07, 6.45) is 9.87. The van der Waals surface area contributed by atoms with Crippen molar-refractivity contribution in [1.29, 1.82) is 0 Å². The van der Waals surface area contributed by atoms with Crippen LogP contribution >= 0.6 is 0 Å². The third-order valence-corrected chi connectivity index (χ3v) is 7.58. The number of amides is 1. The molecule has 0 saturated heterocycles. The second kappa shape index (κ2) is 4.72. The fraction of sp³-hybridized carbons (Fsp3) is 0.571. The van der Waals surface area contributed by atoms with Crippen molar-refractivity contribution >= 4 is 11.6 Å². The average molecular weight is 307 g/mol. The van der Waals surface area contributed by atoms with Crippen molar-refractivity contribution in [3.8, 4) is 0 Å². The van der Waals surface area contributed by atoms with Gasteiger partial charge in [-0.25, -0.2) is 0 Å². The van der Waals surface area contributed by atoms with Gasteiger partial charge in [-0.1, -0.05) is 43.7 Å². The number of fused-ring (bicyclic) bond motifs is 9. The van der Waals surface area contributed by atoms with Crippen molar-refractivity contribution in [2.45, 2.75) is 32.6 Å². The Balaban J connectivity index is 1.52.